The summed E-state index contributed by atoms with van der Waals surface area (Å²) in [4.78, 5) is 11.1. The van der Waals surface area contributed by atoms with Crippen LogP contribution in [0.5, 0.6) is 0 Å². The number of furan rings is 1. The minimum Gasteiger partial charge on any atom is -0.463 e. The van der Waals surface area contributed by atoms with E-state index in [1.165, 1.54) is 0 Å². The van der Waals surface area contributed by atoms with Crippen LogP contribution >= 0.6 is 11.6 Å². The van der Waals surface area contributed by atoms with E-state index in [1.807, 2.05) is 24.3 Å². The van der Waals surface area contributed by atoms with Gasteiger partial charge in [0.1, 0.15) is 5.69 Å². The molecule has 3 rings (SSSR count). The molecule has 0 amide bonds. The Morgan fingerprint density at radius 3 is 2.80 bits per heavy atom. The zero-order valence-corrected chi connectivity index (χ0v) is 11.2. The molecule has 0 fully saturated rings. The van der Waals surface area contributed by atoms with Crippen molar-refractivity contribution in [3.05, 3.63) is 65.0 Å². The van der Waals surface area contributed by atoms with Crippen molar-refractivity contribution in [2.45, 2.75) is 6.54 Å². The molecule has 3 aromatic rings. The molecule has 20 heavy (non-hydrogen) atoms. The van der Waals surface area contributed by atoms with Crippen LogP contribution in [-0.4, -0.2) is 16.1 Å². The number of aldehydes is 1. The third-order valence-corrected chi connectivity index (χ3v) is 3.33. The van der Waals surface area contributed by atoms with Crippen LogP contribution in [-0.2, 0) is 6.54 Å². The molecule has 0 saturated heterocycles. The van der Waals surface area contributed by atoms with Crippen molar-refractivity contribution in [2.24, 2.45) is 0 Å². The highest BCUT2D eigenvalue weighted by Gasteiger charge is 2.13. The van der Waals surface area contributed by atoms with Gasteiger partial charge in [-0.05, 0) is 23.8 Å². The molecule has 4 nitrogen and oxygen atoms in total. The van der Waals surface area contributed by atoms with Crippen LogP contribution in [0.3, 0.4) is 0 Å². The Bertz CT molecular complexity index is 732. The Balaban J connectivity index is 1.96. The molecule has 0 bridgehead atoms. The predicted octanol–water partition coefficient (Wildman–Crippen LogP) is 3.66. The van der Waals surface area contributed by atoms with Crippen molar-refractivity contribution in [3.63, 3.8) is 0 Å². The van der Waals surface area contributed by atoms with Crippen LogP contribution in [0.15, 0.2) is 53.3 Å². The number of hydrogen-bond donors (Lipinski definition) is 0. The molecular weight excluding hydrogens is 276 g/mol. The first-order valence-electron chi connectivity index (χ1n) is 6.08. The van der Waals surface area contributed by atoms with Crippen molar-refractivity contribution in [1.82, 2.24) is 9.78 Å². The summed E-state index contributed by atoms with van der Waals surface area (Å²) in [5, 5.41) is 5.07. The highest BCUT2D eigenvalue weighted by atomic mass is 35.5. The van der Waals surface area contributed by atoms with Crippen LogP contribution < -0.4 is 0 Å². The molecule has 0 unspecified atom stereocenters. The molecule has 0 aliphatic heterocycles. The van der Waals surface area contributed by atoms with Crippen molar-refractivity contribution < 1.29 is 9.21 Å². The van der Waals surface area contributed by atoms with Gasteiger partial charge in [-0.3, -0.25) is 9.48 Å². The zero-order chi connectivity index (χ0) is 13.9. The number of carbonyl (C=O) groups is 1. The average molecular weight is 287 g/mol. The van der Waals surface area contributed by atoms with Gasteiger partial charge in [-0.1, -0.05) is 29.8 Å². The summed E-state index contributed by atoms with van der Waals surface area (Å²) in [6, 6.07) is 11.1. The molecule has 2 aromatic heterocycles. The lowest BCUT2D eigenvalue weighted by atomic mass is 10.2. The molecule has 0 aliphatic carbocycles. The number of halogens is 1. The van der Waals surface area contributed by atoms with E-state index in [1.54, 1.807) is 29.3 Å². The fraction of sp³-hybridized carbons (Fsp3) is 0.0667. The molecule has 0 saturated carbocycles. The smallest absolute Gasteiger partial charge is 0.154 e. The summed E-state index contributed by atoms with van der Waals surface area (Å²) in [5.41, 5.74) is 1.98. The molecule has 0 N–H and O–H groups in total. The van der Waals surface area contributed by atoms with E-state index < -0.39 is 0 Å². The van der Waals surface area contributed by atoms with Gasteiger partial charge < -0.3 is 4.42 Å². The van der Waals surface area contributed by atoms with Gasteiger partial charge in [0.05, 0.1) is 18.4 Å². The Morgan fingerprint density at radius 2 is 2.10 bits per heavy atom. The largest absolute Gasteiger partial charge is 0.463 e. The predicted molar refractivity (Wildman–Crippen MR) is 75.9 cm³/mol. The number of benzene rings is 1. The van der Waals surface area contributed by atoms with E-state index in [4.69, 9.17) is 16.0 Å². The van der Waals surface area contributed by atoms with E-state index in [0.717, 1.165) is 11.8 Å². The number of carbonyl (C=O) groups excluding carboxylic acids is 1. The van der Waals surface area contributed by atoms with Crippen LogP contribution in [0.2, 0.25) is 5.02 Å². The second kappa shape index (κ2) is 5.35. The van der Waals surface area contributed by atoms with Gasteiger partial charge in [0.25, 0.3) is 0 Å². The maximum absolute atomic E-state index is 11.1. The summed E-state index contributed by atoms with van der Waals surface area (Å²) >= 11 is 6.12. The van der Waals surface area contributed by atoms with Gasteiger partial charge in [-0.2, -0.15) is 5.10 Å². The van der Waals surface area contributed by atoms with Crippen LogP contribution in [0, 0.1) is 0 Å². The number of nitrogens with zero attached hydrogens (tertiary/aromatic N) is 2. The minimum atomic E-state index is 0.493. The number of rotatable bonds is 4. The van der Waals surface area contributed by atoms with Gasteiger partial charge in [-0.15, -0.1) is 0 Å². The number of hydrogen-bond acceptors (Lipinski definition) is 3. The van der Waals surface area contributed by atoms with E-state index in [2.05, 4.69) is 5.10 Å². The first kappa shape index (κ1) is 12.7. The average Bonchev–Trinajstić information content (AvgIpc) is 3.09. The zero-order valence-electron chi connectivity index (χ0n) is 10.5. The van der Waals surface area contributed by atoms with Crippen molar-refractivity contribution in [1.29, 1.82) is 0 Å². The van der Waals surface area contributed by atoms with Crippen molar-refractivity contribution in [2.75, 3.05) is 0 Å². The highest BCUT2D eigenvalue weighted by Crippen LogP contribution is 2.22. The van der Waals surface area contributed by atoms with Crippen molar-refractivity contribution in [3.8, 4) is 11.5 Å². The lowest BCUT2D eigenvalue weighted by molar-refractivity contribution is 0.112. The molecule has 2 heterocycles. The standard InChI is InChI=1S/C15H11ClN2O2/c16-13-5-2-1-4-11(13)8-18-9-12(10-19)15(17-18)14-6-3-7-20-14/h1-7,9-10H,8H2. The number of aromatic nitrogens is 2. The van der Waals surface area contributed by atoms with Gasteiger partial charge >= 0.3 is 0 Å². The fourth-order valence-electron chi connectivity index (χ4n) is 2.01. The van der Waals surface area contributed by atoms with Gasteiger partial charge in [0, 0.05) is 11.2 Å². The summed E-state index contributed by atoms with van der Waals surface area (Å²) in [6.45, 7) is 0.501. The van der Waals surface area contributed by atoms with Gasteiger partial charge in [0.15, 0.2) is 12.0 Å². The lowest BCUT2D eigenvalue weighted by Gasteiger charge is -2.03. The third-order valence-electron chi connectivity index (χ3n) is 2.96. The Morgan fingerprint density at radius 1 is 1.25 bits per heavy atom. The van der Waals surface area contributed by atoms with Crippen molar-refractivity contribution >= 4 is 17.9 Å². The molecule has 0 aliphatic rings. The normalized spacial score (nSPS) is 10.7. The molecular formula is C15H11ClN2O2. The third kappa shape index (κ3) is 2.38. The Labute approximate surface area is 120 Å². The SMILES string of the molecule is O=Cc1cn(Cc2ccccc2Cl)nc1-c1ccco1. The molecule has 1 aromatic carbocycles. The summed E-state index contributed by atoms with van der Waals surface area (Å²) in [6.07, 6.45) is 4.01. The molecule has 100 valence electrons. The molecule has 0 atom stereocenters. The van der Waals surface area contributed by atoms with E-state index in [9.17, 15) is 4.79 Å². The molecule has 0 radical (unpaired) electrons. The summed E-state index contributed by atoms with van der Waals surface area (Å²) in [7, 11) is 0. The highest BCUT2D eigenvalue weighted by molar-refractivity contribution is 6.31. The fourth-order valence-corrected chi connectivity index (χ4v) is 2.21. The lowest BCUT2D eigenvalue weighted by Crippen LogP contribution is -2.00. The first-order valence-corrected chi connectivity index (χ1v) is 6.45. The van der Waals surface area contributed by atoms with E-state index >= 15 is 0 Å². The van der Waals surface area contributed by atoms with Crippen LogP contribution in [0.1, 0.15) is 15.9 Å². The first-order chi connectivity index (χ1) is 9.78. The Kier molecular flexibility index (Phi) is 3.39. The van der Waals surface area contributed by atoms with Gasteiger partial charge in [0.2, 0.25) is 0 Å². The molecule has 0 spiro atoms. The Hall–Kier alpha value is -2.33. The molecule has 5 heteroatoms. The van der Waals surface area contributed by atoms with Crippen LogP contribution in [0.4, 0.5) is 0 Å². The second-order valence-electron chi connectivity index (χ2n) is 4.32. The topological polar surface area (TPSA) is 48.0 Å². The summed E-state index contributed by atoms with van der Waals surface area (Å²) in [5.74, 6) is 0.574. The van der Waals surface area contributed by atoms with E-state index in [-0.39, 0.29) is 0 Å². The maximum Gasteiger partial charge on any atom is 0.154 e. The van der Waals surface area contributed by atoms with E-state index in [0.29, 0.717) is 28.6 Å². The maximum atomic E-state index is 11.1. The summed E-state index contributed by atoms with van der Waals surface area (Å²) < 4.78 is 6.97. The van der Waals surface area contributed by atoms with Gasteiger partial charge in [-0.25, -0.2) is 0 Å². The quantitative estimate of drug-likeness (QED) is 0.688. The van der Waals surface area contributed by atoms with Crippen LogP contribution in [0.25, 0.3) is 11.5 Å². The monoisotopic (exact) mass is 286 g/mol. The minimum absolute atomic E-state index is 0.493. The second-order valence-corrected chi connectivity index (χ2v) is 4.72.